The van der Waals surface area contributed by atoms with Crippen molar-refractivity contribution in [1.29, 1.82) is 0 Å². The first-order valence-electron chi connectivity index (χ1n) is 9.96. The van der Waals surface area contributed by atoms with Gasteiger partial charge in [-0.2, -0.15) is 4.68 Å². The summed E-state index contributed by atoms with van der Waals surface area (Å²) in [7, 11) is 0. The summed E-state index contributed by atoms with van der Waals surface area (Å²) in [5.74, 6) is 0.0234. The van der Waals surface area contributed by atoms with E-state index in [1.165, 1.54) is 11.8 Å². The van der Waals surface area contributed by atoms with Crippen LogP contribution in [-0.4, -0.2) is 31.4 Å². The van der Waals surface area contributed by atoms with Gasteiger partial charge in [0.2, 0.25) is 11.1 Å². The zero-order chi connectivity index (χ0) is 21.2. The van der Waals surface area contributed by atoms with Crippen molar-refractivity contribution in [3.8, 4) is 5.69 Å². The highest BCUT2D eigenvalue weighted by atomic mass is 32.2. The summed E-state index contributed by atoms with van der Waals surface area (Å²) < 4.78 is 1.68. The monoisotopic (exact) mass is 445 g/mol. The van der Waals surface area contributed by atoms with Gasteiger partial charge in [0.25, 0.3) is 0 Å². The Labute approximate surface area is 188 Å². The molecule has 6 nitrogen and oxygen atoms in total. The zero-order valence-electron chi connectivity index (χ0n) is 16.8. The molecular weight excluding hydrogens is 426 g/mol. The predicted molar refractivity (Wildman–Crippen MR) is 123 cm³/mol. The smallest absolute Gasteiger partial charge is 0.245 e. The summed E-state index contributed by atoms with van der Waals surface area (Å²) in [6.45, 7) is 2.02. The summed E-state index contributed by atoms with van der Waals surface area (Å²) in [5.41, 5.74) is 2.69. The number of amides is 1. The quantitative estimate of drug-likeness (QED) is 0.385. The summed E-state index contributed by atoms with van der Waals surface area (Å²) in [6.07, 6.45) is 0.652. The highest BCUT2D eigenvalue weighted by Gasteiger charge is 2.33. The molecule has 1 aliphatic heterocycles. The molecule has 0 saturated heterocycles. The van der Waals surface area contributed by atoms with Gasteiger partial charge in [0.05, 0.1) is 22.3 Å². The third-order valence-corrected chi connectivity index (χ3v) is 7.40. The molecule has 1 atom stereocenters. The molecule has 1 unspecified atom stereocenters. The van der Waals surface area contributed by atoms with Gasteiger partial charge in [-0.05, 0) is 53.2 Å². The Morgan fingerprint density at radius 2 is 1.55 bits per heavy atom. The molecule has 1 aromatic heterocycles. The lowest BCUT2D eigenvalue weighted by Crippen LogP contribution is -2.35. The average molecular weight is 446 g/mol. The Bertz CT molecular complexity index is 1180. The number of tetrazole rings is 1. The number of thioether (sulfide) groups is 1. The molecule has 3 aromatic carbocycles. The number of carbonyl (C=O) groups excluding carboxylic acids is 1. The van der Waals surface area contributed by atoms with Gasteiger partial charge in [-0.25, -0.2) is 0 Å². The van der Waals surface area contributed by atoms with Crippen LogP contribution < -0.4 is 4.90 Å². The molecule has 2 heterocycles. The molecular formula is C23H19N5OS2. The van der Waals surface area contributed by atoms with Crippen LogP contribution in [0.25, 0.3) is 5.69 Å². The number of para-hydroxylation sites is 3. The number of nitrogens with zero attached hydrogens (tertiary/aromatic N) is 5. The third-order valence-electron chi connectivity index (χ3n) is 4.99. The third kappa shape index (κ3) is 3.73. The number of anilines is 2. The molecule has 5 rings (SSSR count). The molecule has 1 aliphatic rings. The van der Waals surface area contributed by atoms with E-state index in [0.29, 0.717) is 11.6 Å². The molecule has 0 N–H and O–H groups in total. The fourth-order valence-electron chi connectivity index (χ4n) is 3.51. The normalized spacial score (nSPS) is 13.4. The van der Waals surface area contributed by atoms with Crippen LogP contribution in [0.4, 0.5) is 11.4 Å². The maximum atomic E-state index is 13.8. The van der Waals surface area contributed by atoms with E-state index < -0.39 is 0 Å². The van der Waals surface area contributed by atoms with E-state index in [2.05, 4.69) is 27.7 Å². The predicted octanol–water partition coefficient (Wildman–Crippen LogP) is 5.36. The molecule has 0 radical (unpaired) electrons. The lowest BCUT2D eigenvalue weighted by atomic mass is 10.2. The van der Waals surface area contributed by atoms with Crippen molar-refractivity contribution in [1.82, 2.24) is 20.2 Å². The van der Waals surface area contributed by atoms with Gasteiger partial charge < -0.3 is 0 Å². The van der Waals surface area contributed by atoms with E-state index in [4.69, 9.17) is 0 Å². The van der Waals surface area contributed by atoms with Crippen LogP contribution in [0.1, 0.15) is 13.3 Å². The fourth-order valence-corrected chi connectivity index (χ4v) is 5.52. The number of carbonyl (C=O) groups is 1. The first kappa shape index (κ1) is 19.8. The van der Waals surface area contributed by atoms with E-state index in [0.717, 1.165) is 26.9 Å². The Kier molecular flexibility index (Phi) is 5.48. The molecule has 0 saturated carbocycles. The molecule has 0 spiro atoms. The van der Waals surface area contributed by atoms with Gasteiger partial charge in [-0.1, -0.05) is 72.9 Å². The first-order chi connectivity index (χ1) is 15.3. The lowest BCUT2D eigenvalue weighted by Gasteiger charge is -2.33. The van der Waals surface area contributed by atoms with Crippen LogP contribution in [0.3, 0.4) is 0 Å². The maximum absolute atomic E-state index is 13.8. The van der Waals surface area contributed by atoms with Crippen molar-refractivity contribution >= 4 is 40.8 Å². The standard InChI is InChI=1S/C23H19N5OS2/c1-2-19(31-23-24-25-26-28(23)16-10-4-3-5-11-16)22(29)27-17-12-6-8-14-20(17)30-21-15-9-7-13-18(21)27/h3-15,19H,2H2,1H3. The minimum Gasteiger partial charge on any atom is -0.278 e. The van der Waals surface area contributed by atoms with E-state index in [1.807, 2.05) is 78.6 Å². The SMILES string of the molecule is CCC(Sc1nnnn1-c1ccccc1)C(=O)N1c2ccccc2Sc2ccccc21. The van der Waals surface area contributed by atoms with Crippen molar-refractivity contribution in [3.05, 3.63) is 78.9 Å². The van der Waals surface area contributed by atoms with Crippen LogP contribution in [0.2, 0.25) is 0 Å². The number of aromatic nitrogens is 4. The fraction of sp³-hybridized carbons (Fsp3) is 0.130. The summed E-state index contributed by atoms with van der Waals surface area (Å²) >= 11 is 3.09. The molecule has 0 fully saturated rings. The number of fused-ring (bicyclic) bond motifs is 2. The topological polar surface area (TPSA) is 63.9 Å². The Morgan fingerprint density at radius 1 is 0.935 bits per heavy atom. The van der Waals surface area contributed by atoms with Gasteiger partial charge in [0.1, 0.15) is 0 Å². The van der Waals surface area contributed by atoms with Crippen molar-refractivity contribution in [2.24, 2.45) is 0 Å². The van der Waals surface area contributed by atoms with Crippen LogP contribution in [0.15, 0.2) is 93.8 Å². The minimum absolute atomic E-state index is 0.0234. The number of benzene rings is 3. The molecule has 8 heteroatoms. The van der Waals surface area contributed by atoms with Crippen molar-refractivity contribution < 1.29 is 4.79 Å². The molecule has 4 aromatic rings. The second-order valence-corrected chi connectivity index (χ2v) is 9.19. The number of hydrogen-bond donors (Lipinski definition) is 0. The van der Waals surface area contributed by atoms with Crippen molar-refractivity contribution in [2.45, 2.75) is 33.5 Å². The van der Waals surface area contributed by atoms with Gasteiger partial charge in [0.15, 0.2) is 0 Å². The van der Waals surface area contributed by atoms with Crippen LogP contribution >= 0.6 is 23.5 Å². The van der Waals surface area contributed by atoms with Crippen LogP contribution in [0, 0.1) is 0 Å². The average Bonchev–Trinajstić information content (AvgIpc) is 3.29. The molecule has 1 amide bonds. The number of hydrogen-bond acceptors (Lipinski definition) is 6. The lowest BCUT2D eigenvalue weighted by molar-refractivity contribution is -0.117. The van der Waals surface area contributed by atoms with Crippen molar-refractivity contribution in [2.75, 3.05) is 4.90 Å². The summed E-state index contributed by atoms with van der Waals surface area (Å²) in [4.78, 5) is 17.8. The van der Waals surface area contributed by atoms with Gasteiger partial charge in [-0.3, -0.25) is 9.69 Å². The van der Waals surface area contributed by atoms with Crippen LogP contribution in [0.5, 0.6) is 0 Å². The second-order valence-electron chi connectivity index (χ2n) is 6.93. The van der Waals surface area contributed by atoms with Gasteiger partial charge >= 0.3 is 0 Å². The van der Waals surface area contributed by atoms with E-state index in [-0.39, 0.29) is 11.2 Å². The minimum atomic E-state index is -0.335. The van der Waals surface area contributed by atoms with E-state index >= 15 is 0 Å². The second kappa shape index (κ2) is 8.56. The highest BCUT2D eigenvalue weighted by molar-refractivity contribution is 8.00. The van der Waals surface area contributed by atoms with Gasteiger partial charge in [0, 0.05) is 9.79 Å². The molecule has 0 aliphatic carbocycles. The van der Waals surface area contributed by atoms with Crippen LogP contribution in [-0.2, 0) is 4.79 Å². The summed E-state index contributed by atoms with van der Waals surface area (Å²) in [5, 5.41) is 12.4. The summed E-state index contributed by atoms with van der Waals surface area (Å²) in [6, 6.07) is 25.8. The number of rotatable bonds is 5. The largest absolute Gasteiger partial charge is 0.278 e. The van der Waals surface area contributed by atoms with E-state index in [9.17, 15) is 4.79 Å². The first-order valence-corrected chi connectivity index (χ1v) is 11.7. The highest BCUT2D eigenvalue weighted by Crippen LogP contribution is 2.48. The maximum Gasteiger partial charge on any atom is 0.245 e. The molecule has 154 valence electrons. The zero-order valence-corrected chi connectivity index (χ0v) is 18.4. The molecule has 0 bridgehead atoms. The Morgan fingerprint density at radius 3 is 2.19 bits per heavy atom. The van der Waals surface area contributed by atoms with Crippen molar-refractivity contribution in [3.63, 3.8) is 0 Å². The van der Waals surface area contributed by atoms with E-state index in [1.54, 1.807) is 16.4 Å². The van der Waals surface area contributed by atoms with Gasteiger partial charge in [-0.15, -0.1) is 5.10 Å². The molecule has 31 heavy (non-hydrogen) atoms. The Hall–Kier alpha value is -3.10. The Balaban J connectivity index is 1.50.